The van der Waals surface area contributed by atoms with Crippen molar-refractivity contribution in [1.82, 2.24) is 15.5 Å². The van der Waals surface area contributed by atoms with Gasteiger partial charge in [0.25, 0.3) is 0 Å². The van der Waals surface area contributed by atoms with Crippen LogP contribution in [0.25, 0.3) is 0 Å². The maximum absolute atomic E-state index is 13.0. The Morgan fingerprint density at radius 3 is 2.50 bits per heavy atom. The van der Waals surface area contributed by atoms with Gasteiger partial charge in [-0.25, -0.2) is 0 Å². The normalized spacial score (nSPS) is 30.5. The summed E-state index contributed by atoms with van der Waals surface area (Å²) in [6.07, 6.45) is 12.8. The molecule has 0 aromatic heterocycles. The van der Waals surface area contributed by atoms with E-state index in [1.807, 2.05) is 0 Å². The van der Waals surface area contributed by atoms with Crippen LogP contribution in [-0.4, -0.2) is 48.9 Å². The van der Waals surface area contributed by atoms with E-state index in [4.69, 9.17) is 0 Å². The van der Waals surface area contributed by atoms with E-state index < -0.39 is 0 Å². The second-order valence-electron chi connectivity index (χ2n) is 9.05. The zero-order valence-corrected chi connectivity index (χ0v) is 18.4. The van der Waals surface area contributed by atoms with Crippen molar-refractivity contribution in [1.29, 1.82) is 0 Å². The van der Waals surface area contributed by atoms with Crippen molar-refractivity contribution in [2.24, 2.45) is 17.8 Å². The molecular weight excluding hydrogens is 374 g/mol. The molecule has 1 aliphatic carbocycles. The van der Waals surface area contributed by atoms with Gasteiger partial charge in [-0.05, 0) is 69.7 Å². The van der Waals surface area contributed by atoms with Gasteiger partial charge in [0.2, 0.25) is 11.8 Å². The topological polar surface area (TPSA) is 61.4 Å². The van der Waals surface area contributed by atoms with Crippen LogP contribution in [0.1, 0.15) is 77.6 Å². The molecular formula is C22H40ClN3O2. The van der Waals surface area contributed by atoms with E-state index in [0.29, 0.717) is 18.4 Å². The minimum absolute atomic E-state index is 0. The van der Waals surface area contributed by atoms with Gasteiger partial charge in [-0.1, -0.05) is 26.2 Å². The monoisotopic (exact) mass is 413 g/mol. The molecule has 2 aliphatic heterocycles. The summed E-state index contributed by atoms with van der Waals surface area (Å²) >= 11 is 0. The Kier molecular flexibility index (Phi) is 10.1. The van der Waals surface area contributed by atoms with Crippen LogP contribution in [0.5, 0.6) is 0 Å². The lowest BCUT2D eigenvalue weighted by atomic mass is 9.79. The molecule has 0 bridgehead atoms. The minimum atomic E-state index is -0.00535. The number of nitrogens with one attached hydrogen (secondary N) is 2. The molecule has 2 atom stereocenters. The second kappa shape index (κ2) is 12.0. The highest BCUT2D eigenvalue weighted by atomic mass is 35.5. The van der Waals surface area contributed by atoms with Gasteiger partial charge >= 0.3 is 0 Å². The quantitative estimate of drug-likeness (QED) is 0.671. The van der Waals surface area contributed by atoms with Crippen LogP contribution in [0.4, 0.5) is 0 Å². The van der Waals surface area contributed by atoms with Crippen molar-refractivity contribution in [3.8, 4) is 0 Å². The van der Waals surface area contributed by atoms with Crippen LogP contribution < -0.4 is 10.6 Å². The third kappa shape index (κ3) is 6.62. The first-order chi connectivity index (χ1) is 13.2. The van der Waals surface area contributed by atoms with E-state index in [-0.39, 0.29) is 30.3 Å². The number of piperidine rings is 1. The van der Waals surface area contributed by atoms with E-state index in [1.165, 1.54) is 32.1 Å². The van der Waals surface area contributed by atoms with Crippen molar-refractivity contribution in [2.45, 2.75) is 83.6 Å². The molecule has 0 aromatic carbocycles. The Hall–Kier alpha value is -0.810. The number of rotatable bonds is 7. The third-order valence-corrected chi connectivity index (χ3v) is 6.93. The molecule has 0 aromatic rings. The lowest BCUT2D eigenvalue weighted by Crippen LogP contribution is -2.48. The molecule has 2 amide bonds. The van der Waals surface area contributed by atoms with E-state index in [1.54, 1.807) is 0 Å². The second-order valence-corrected chi connectivity index (χ2v) is 9.05. The van der Waals surface area contributed by atoms with E-state index in [0.717, 1.165) is 64.1 Å². The zero-order chi connectivity index (χ0) is 19.1. The fourth-order valence-electron chi connectivity index (χ4n) is 5.16. The molecule has 1 saturated carbocycles. The molecule has 2 N–H and O–H groups in total. The number of carbonyl (C=O) groups excluding carboxylic acids is 2. The van der Waals surface area contributed by atoms with Crippen LogP contribution in [0.15, 0.2) is 0 Å². The Labute approximate surface area is 177 Å². The summed E-state index contributed by atoms with van der Waals surface area (Å²) < 4.78 is 0. The van der Waals surface area contributed by atoms with Crippen molar-refractivity contribution in [3.05, 3.63) is 0 Å². The number of carbonyl (C=O) groups is 2. The number of likely N-dealkylation sites (tertiary alicyclic amines) is 1. The van der Waals surface area contributed by atoms with Crippen LogP contribution in [-0.2, 0) is 9.59 Å². The van der Waals surface area contributed by atoms with Crippen molar-refractivity contribution < 1.29 is 9.59 Å². The maximum Gasteiger partial charge on any atom is 0.237 e. The highest BCUT2D eigenvalue weighted by molar-refractivity contribution is 5.85. The van der Waals surface area contributed by atoms with Crippen LogP contribution >= 0.6 is 12.4 Å². The molecule has 6 heteroatoms. The number of halogens is 1. The van der Waals surface area contributed by atoms with Gasteiger partial charge in [-0.3, -0.25) is 9.59 Å². The number of unbranched alkanes of at least 4 members (excludes halogenated alkanes) is 1. The molecule has 3 rings (SSSR count). The fourth-order valence-corrected chi connectivity index (χ4v) is 5.16. The molecule has 28 heavy (non-hydrogen) atoms. The predicted octanol–water partition coefficient (Wildman–Crippen LogP) is 3.51. The Morgan fingerprint density at radius 2 is 1.82 bits per heavy atom. The van der Waals surface area contributed by atoms with Crippen LogP contribution in [0, 0.1) is 17.8 Å². The predicted molar refractivity (Wildman–Crippen MR) is 116 cm³/mol. The number of nitrogens with zero attached hydrogens (tertiary/aromatic N) is 1. The summed E-state index contributed by atoms with van der Waals surface area (Å²) in [5.74, 6) is 2.04. The first-order valence-electron chi connectivity index (χ1n) is 11.5. The standard InChI is InChI=1S/C22H39N3O2.ClH/c1-2-3-6-17-9-11-19(12-10-17)22(27)25-14-5-7-18(16-25)15-24-21(26)20-8-4-13-23-20;/h17-20,23H,2-16H2,1H3,(H,24,26);1H. The maximum atomic E-state index is 13.0. The van der Waals surface area contributed by atoms with Crippen molar-refractivity contribution in [3.63, 3.8) is 0 Å². The number of hydrogen-bond acceptors (Lipinski definition) is 3. The van der Waals surface area contributed by atoms with Crippen LogP contribution in [0.2, 0.25) is 0 Å². The van der Waals surface area contributed by atoms with Gasteiger partial charge in [0.1, 0.15) is 0 Å². The molecule has 3 aliphatic rings. The zero-order valence-electron chi connectivity index (χ0n) is 17.6. The first-order valence-corrected chi connectivity index (χ1v) is 11.5. The Morgan fingerprint density at radius 1 is 1.04 bits per heavy atom. The minimum Gasteiger partial charge on any atom is -0.354 e. The molecule has 2 unspecified atom stereocenters. The molecule has 0 radical (unpaired) electrons. The molecule has 2 saturated heterocycles. The van der Waals surface area contributed by atoms with E-state index in [9.17, 15) is 9.59 Å². The lowest BCUT2D eigenvalue weighted by molar-refractivity contribution is -0.138. The third-order valence-electron chi connectivity index (χ3n) is 6.93. The van der Waals surface area contributed by atoms with Gasteiger partial charge < -0.3 is 15.5 Å². The summed E-state index contributed by atoms with van der Waals surface area (Å²) in [5, 5.41) is 6.37. The van der Waals surface area contributed by atoms with E-state index >= 15 is 0 Å². The average molecular weight is 414 g/mol. The molecule has 0 spiro atoms. The van der Waals surface area contributed by atoms with Crippen molar-refractivity contribution in [2.75, 3.05) is 26.2 Å². The molecule has 162 valence electrons. The van der Waals surface area contributed by atoms with Crippen molar-refractivity contribution >= 4 is 24.2 Å². The molecule has 5 nitrogen and oxygen atoms in total. The highest BCUT2D eigenvalue weighted by Gasteiger charge is 2.32. The number of hydrogen-bond donors (Lipinski definition) is 2. The Balaban J connectivity index is 0.00000280. The summed E-state index contributed by atoms with van der Waals surface area (Å²) in [4.78, 5) is 27.3. The van der Waals surface area contributed by atoms with Crippen LogP contribution in [0.3, 0.4) is 0 Å². The SMILES string of the molecule is CCCCC1CCC(C(=O)N2CCCC(CNC(=O)C3CCCN3)C2)CC1.Cl. The largest absolute Gasteiger partial charge is 0.354 e. The van der Waals surface area contributed by atoms with E-state index in [2.05, 4.69) is 22.5 Å². The average Bonchev–Trinajstić information content (AvgIpc) is 3.25. The first kappa shape index (κ1) is 23.5. The van der Waals surface area contributed by atoms with Gasteiger partial charge in [-0.15, -0.1) is 12.4 Å². The number of amides is 2. The summed E-state index contributed by atoms with van der Waals surface area (Å²) in [6.45, 7) is 5.65. The van der Waals surface area contributed by atoms with Gasteiger partial charge in [0.15, 0.2) is 0 Å². The summed E-state index contributed by atoms with van der Waals surface area (Å²) in [5.41, 5.74) is 0. The van der Waals surface area contributed by atoms with Gasteiger partial charge in [-0.2, -0.15) is 0 Å². The summed E-state index contributed by atoms with van der Waals surface area (Å²) in [7, 11) is 0. The molecule has 2 heterocycles. The van der Waals surface area contributed by atoms with Gasteiger partial charge in [0.05, 0.1) is 6.04 Å². The lowest BCUT2D eigenvalue weighted by Gasteiger charge is -2.37. The smallest absolute Gasteiger partial charge is 0.237 e. The molecule has 3 fully saturated rings. The highest BCUT2D eigenvalue weighted by Crippen LogP contribution is 2.33. The summed E-state index contributed by atoms with van der Waals surface area (Å²) in [6, 6.07) is -0.00535. The fraction of sp³-hybridized carbons (Fsp3) is 0.909. The Bertz CT molecular complexity index is 488. The van der Waals surface area contributed by atoms with Gasteiger partial charge in [0, 0.05) is 25.6 Å².